The zero-order valence-corrected chi connectivity index (χ0v) is 9.22. The van der Waals surface area contributed by atoms with Crippen molar-refractivity contribution in [3.63, 3.8) is 0 Å². The van der Waals surface area contributed by atoms with E-state index < -0.39 is 0 Å². The van der Waals surface area contributed by atoms with Gasteiger partial charge in [-0.05, 0) is 30.9 Å². The van der Waals surface area contributed by atoms with Gasteiger partial charge in [0.1, 0.15) is 5.76 Å². The Morgan fingerprint density at radius 2 is 2.40 bits per heavy atom. The highest BCUT2D eigenvalue weighted by Crippen LogP contribution is 2.29. The minimum Gasteiger partial charge on any atom is -0.468 e. The largest absolute Gasteiger partial charge is 0.468 e. The van der Waals surface area contributed by atoms with Gasteiger partial charge in [-0.2, -0.15) is 0 Å². The molecule has 0 saturated heterocycles. The van der Waals surface area contributed by atoms with E-state index in [2.05, 4.69) is 11.8 Å². The van der Waals surface area contributed by atoms with Crippen LogP contribution in [0.25, 0.3) is 0 Å². The molecule has 1 atom stereocenters. The van der Waals surface area contributed by atoms with Crippen molar-refractivity contribution in [2.45, 2.75) is 32.4 Å². The number of hydrogen-bond acceptors (Lipinski definition) is 3. The first-order valence-electron chi connectivity index (χ1n) is 5.67. The number of furan rings is 1. The molecule has 0 bridgehead atoms. The maximum Gasteiger partial charge on any atom is 0.117 e. The van der Waals surface area contributed by atoms with Crippen molar-refractivity contribution in [3.8, 4) is 0 Å². The first-order chi connectivity index (χ1) is 7.29. The summed E-state index contributed by atoms with van der Waals surface area (Å²) in [7, 11) is 0. The lowest BCUT2D eigenvalue weighted by Gasteiger charge is -2.23. The molecule has 2 rings (SSSR count). The minimum atomic E-state index is 0.265. The molecule has 0 amide bonds. The highest BCUT2D eigenvalue weighted by Gasteiger charge is 2.30. The number of nitrogens with zero attached hydrogens (tertiary/aromatic N) is 1. The Morgan fingerprint density at radius 1 is 1.60 bits per heavy atom. The molecule has 1 heterocycles. The maximum atomic E-state index is 9.06. The lowest BCUT2D eigenvalue weighted by Crippen LogP contribution is -2.31. The third-order valence-electron chi connectivity index (χ3n) is 2.86. The van der Waals surface area contributed by atoms with Gasteiger partial charge in [0.05, 0.1) is 12.8 Å². The molecule has 1 aromatic rings. The molecule has 0 spiro atoms. The van der Waals surface area contributed by atoms with Gasteiger partial charge in [-0.25, -0.2) is 0 Å². The summed E-state index contributed by atoms with van der Waals surface area (Å²) in [4.78, 5) is 2.42. The number of aliphatic hydroxyl groups excluding tert-OH is 1. The van der Waals surface area contributed by atoms with Gasteiger partial charge >= 0.3 is 0 Å². The molecule has 0 aromatic carbocycles. The average molecular weight is 209 g/mol. The Labute approximate surface area is 90.7 Å². The van der Waals surface area contributed by atoms with E-state index in [0.29, 0.717) is 12.0 Å². The first-order valence-corrected chi connectivity index (χ1v) is 5.67. The topological polar surface area (TPSA) is 36.6 Å². The molecule has 0 aliphatic heterocycles. The molecule has 1 saturated carbocycles. The summed E-state index contributed by atoms with van der Waals surface area (Å²) in [6, 6.07) is 4.65. The minimum absolute atomic E-state index is 0.265. The van der Waals surface area contributed by atoms with E-state index in [4.69, 9.17) is 9.52 Å². The Morgan fingerprint density at radius 3 is 2.93 bits per heavy atom. The summed E-state index contributed by atoms with van der Waals surface area (Å²) in [6.07, 6.45) is 4.30. The van der Waals surface area contributed by atoms with Crippen LogP contribution in [0.5, 0.6) is 0 Å². The van der Waals surface area contributed by atoms with Crippen molar-refractivity contribution in [1.82, 2.24) is 4.90 Å². The molecule has 1 N–H and O–H groups in total. The predicted octanol–water partition coefficient (Wildman–Crippen LogP) is 1.87. The second-order valence-electron chi connectivity index (χ2n) is 4.53. The lowest BCUT2D eigenvalue weighted by atomic mass is 10.2. The molecule has 84 valence electrons. The average Bonchev–Trinajstić information content (AvgIpc) is 2.97. The second kappa shape index (κ2) is 4.81. The monoisotopic (exact) mass is 209 g/mol. The molecule has 1 unspecified atom stereocenters. The molecule has 1 aliphatic rings. The van der Waals surface area contributed by atoms with Crippen molar-refractivity contribution in [2.24, 2.45) is 5.92 Å². The van der Waals surface area contributed by atoms with Gasteiger partial charge in [-0.15, -0.1) is 0 Å². The third-order valence-corrected chi connectivity index (χ3v) is 2.86. The van der Waals surface area contributed by atoms with Crippen LogP contribution in [0.1, 0.15) is 25.5 Å². The van der Waals surface area contributed by atoms with E-state index in [-0.39, 0.29) is 6.61 Å². The van der Waals surface area contributed by atoms with Crippen LogP contribution in [0.4, 0.5) is 0 Å². The van der Waals surface area contributed by atoms with Gasteiger partial charge in [0.2, 0.25) is 0 Å². The smallest absolute Gasteiger partial charge is 0.117 e. The van der Waals surface area contributed by atoms with Crippen LogP contribution in [0.2, 0.25) is 0 Å². The molecule has 3 heteroatoms. The first kappa shape index (κ1) is 10.7. The molecule has 15 heavy (non-hydrogen) atoms. The summed E-state index contributed by atoms with van der Waals surface area (Å²) in [6.45, 7) is 4.18. The molecule has 0 radical (unpaired) electrons. The van der Waals surface area contributed by atoms with E-state index in [1.807, 2.05) is 12.1 Å². The number of hydrogen-bond donors (Lipinski definition) is 1. The molecule has 1 aliphatic carbocycles. The predicted molar refractivity (Wildman–Crippen MR) is 58.4 cm³/mol. The molecular weight excluding hydrogens is 190 g/mol. The summed E-state index contributed by atoms with van der Waals surface area (Å²) in [5.41, 5.74) is 0. The second-order valence-corrected chi connectivity index (χ2v) is 4.53. The van der Waals surface area contributed by atoms with E-state index in [0.717, 1.165) is 18.8 Å². The zero-order valence-electron chi connectivity index (χ0n) is 9.22. The van der Waals surface area contributed by atoms with Crippen LogP contribution in [0.15, 0.2) is 22.8 Å². The molecule has 1 fully saturated rings. The van der Waals surface area contributed by atoms with E-state index in [1.54, 1.807) is 6.26 Å². The standard InChI is InChI=1S/C12H19NO2/c1-10(9-14)7-13(11-4-5-11)8-12-3-2-6-15-12/h2-3,6,10-11,14H,4-5,7-9H2,1H3. The van der Waals surface area contributed by atoms with Gasteiger partial charge in [0, 0.05) is 19.2 Å². The third kappa shape index (κ3) is 3.08. The van der Waals surface area contributed by atoms with E-state index in [1.165, 1.54) is 12.8 Å². The quantitative estimate of drug-likeness (QED) is 0.777. The van der Waals surface area contributed by atoms with Gasteiger partial charge in [-0.1, -0.05) is 6.92 Å². The van der Waals surface area contributed by atoms with E-state index >= 15 is 0 Å². The van der Waals surface area contributed by atoms with Gasteiger partial charge in [0.15, 0.2) is 0 Å². The molecule has 3 nitrogen and oxygen atoms in total. The summed E-state index contributed by atoms with van der Waals surface area (Å²) in [5, 5.41) is 9.06. The fourth-order valence-corrected chi connectivity index (χ4v) is 1.84. The molecule has 1 aromatic heterocycles. The SMILES string of the molecule is CC(CO)CN(Cc1ccco1)C1CC1. The van der Waals surface area contributed by atoms with Crippen molar-refractivity contribution in [3.05, 3.63) is 24.2 Å². The summed E-state index contributed by atoms with van der Waals surface area (Å²) in [5.74, 6) is 1.37. The molecular formula is C12H19NO2. The normalized spacial score (nSPS) is 18.3. The Kier molecular flexibility index (Phi) is 3.44. The van der Waals surface area contributed by atoms with Crippen molar-refractivity contribution < 1.29 is 9.52 Å². The zero-order chi connectivity index (χ0) is 10.7. The van der Waals surface area contributed by atoms with Crippen molar-refractivity contribution in [2.75, 3.05) is 13.2 Å². The number of aliphatic hydroxyl groups is 1. The number of rotatable bonds is 6. The van der Waals surface area contributed by atoms with Crippen molar-refractivity contribution >= 4 is 0 Å². The Hall–Kier alpha value is -0.800. The van der Waals surface area contributed by atoms with Gasteiger partial charge in [-0.3, -0.25) is 4.90 Å². The van der Waals surface area contributed by atoms with Crippen LogP contribution in [-0.2, 0) is 6.54 Å². The fraction of sp³-hybridized carbons (Fsp3) is 0.667. The van der Waals surface area contributed by atoms with Gasteiger partial charge < -0.3 is 9.52 Å². The highest BCUT2D eigenvalue weighted by molar-refractivity contribution is 4.99. The van der Waals surface area contributed by atoms with Gasteiger partial charge in [0.25, 0.3) is 0 Å². The highest BCUT2D eigenvalue weighted by atomic mass is 16.3. The van der Waals surface area contributed by atoms with Crippen LogP contribution >= 0.6 is 0 Å². The lowest BCUT2D eigenvalue weighted by molar-refractivity contribution is 0.155. The Balaban J connectivity index is 1.88. The maximum absolute atomic E-state index is 9.06. The Bertz CT molecular complexity index is 280. The van der Waals surface area contributed by atoms with Crippen LogP contribution in [-0.4, -0.2) is 29.2 Å². The fourth-order valence-electron chi connectivity index (χ4n) is 1.84. The van der Waals surface area contributed by atoms with Crippen molar-refractivity contribution in [1.29, 1.82) is 0 Å². The summed E-state index contributed by atoms with van der Waals surface area (Å²) >= 11 is 0. The summed E-state index contributed by atoms with van der Waals surface area (Å²) < 4.78 is 5.35. The van der Waals surface area contributed by atoms with Crippen LogP contribution in [0, 0.1) is 5.92 Å². The van der Waals surface area contributed by atoms with Crippen LogP contribution in [0.3, 0.4) is 0 Å². The van der Waals surface area contributed by atoms with E-state index in [9.17, 15) is 0 Å². The van der Waals surface area contributed by atoms with Crippen LogP contribution < -0.4 is 0 Å².